The van der Waals surface area contributed by atoms with E-state index in [0.29, 0.717) is 6.04 Å². The van der Waals surface area contributed by atoms with Crippen LogP contribution in [0.25, 0.3) is 0 Å². The molecule has 0 spiro atoms. The summed E-state index contributed by atoms with van der Waals surface area (Å²) in [6, 6.07) is 8.42. The van der Waals surface area contributed by atoms with Crippen molar-refractivity contribution in [3.8, 4) is 0 Å². The van der Waals surface area contributed by atoms with Gasteiger partial charge in [0.05, 0.1) is 0 Å². The summed E-state index contributed by atoms with van der Waals surface area (Å²) in [5, 5.41) is 15.2. The Labute approximate surface area is 108 Å². The third-order valence-electron chi connectivity index (χ3n) is 3.62. The summed E-state index contributed by atoms with van der Waals surface area (Å²) in [4.78, 5) is 0. The molecule has 0 amide bonds. The minimum absolute atomic E-state index is 0.159. The van der Waals surface area contributed by atoms with Gasteiger partial charge in [-0.1, -0.05) is 30.3 Å². The van der Waals surface area contributed by atoms with E-state index in [1.165, 1.54) is 24.8 Å². The summed E-state index contributed by atoms with van der Waals surface area (Å²) in [6.45, 7) is 3.14. The molecule has 1 fully saturated rings. The highest BCUT2D eigenvalue weighted by Crippen LogP contribution is 2.24. The molecule has 0 saturated heterocycles. The molecule has 1 saturated carbocycles. The summed E-state index contributed by atoms with van der Waals surface area (Å²) in [6.07, 6.45) is 3.85. The Balaban J connectivity index is 1.93. The zero-order valence-corrected chi connectivity index (χ0v) is 10.8. The number of hydrogen-bond donors (Lipinski definition) is 3. The Hall–Kier alpha value is -1.55. The second-order valence-corrected chi connectivity index (χ2v) is 5.18. The zero-order chi connectivity index (χ0) is 13.0. The molecule has 4 nitrogen and oxygen atoms in total. The van der Waals surface area contributed by atoms with Crippen LogP contribution in [-0.2, 0) is 6.54 Å². The number of oxime groups is 1. The molecule has 98 valence electrons. The Morgan fingerprint density at radius 1 is 1.50 bits per heavy atom. The predicted molar refractivity (Wildman–Crippen MR) is 72.6 cm³/mol. The Bertz CT molecular complexity index is 431. The van der Waals surface area contributed by atoms with E-state index in [1.54, 1.807) is 0 Å². The topological polar surface area (TPSA) is 70.6 Å². The van der Waals surface area contributed by atoms with Crippen LogP contribution in [0.5, 0.6) is 0 Å². The first-order valence-corrected chi connectivity index (χ1v) is 6.49. The van der Waals surface area contributed by atoms with Gasteiger partial charge in [0.25, 0.3) is 0 Å². The third kappa shape index (κ3) is 3.23. The van der Waals surface area contributed by atoms with Gasteiger partial charge in [0.2, 0.25) is 0 Å². The fraction of sp³-hybridized carbons (Fsp3) is 0.500. The summed E-state index contributed by atoms with van der Waals surface area (Å²) in [7, 11) is 0. The normalized spacial score (nSPS) is 24.4. The molecule has 18 heavy (non-hydrogen) atoms. The average Bonchev–Trinajstić information content (AvgIpc) is 2.81. The number of rotatable bonds is 4. The Kier molecular flexibility index (Phi) is 4.20. The maximum absolute atomic E-state index is 8.66. The number of benzene rings is 1. The molecule has 2 atom stereocenters. The maximum Gasteiger partial charge on any atom is 0.170 e. The standard InChI is InChI=1S/C14H21N3O/c1-10-5-6-13(7-10)16-9-11-3-2-4-12(8-11)14(15)17-18/h2-4,8,10,13,16,18H,5-7,9H2,1H3,(H2,15,17). The van der Waals surface area contributed by atoms with E-state index in [1.807, 2.05) is 18.2 Å². The molecule has 4 heteroatoms. The molecule has 1 aromatic carbocycles. The number of nitrogens with two attached hydrogens (primary N) is 1. The van der Waals surface area contributed by atoms with Gasteiger partial charge in [0, 0.05) is 18.2 Å². The van der Waals surface area contributed by atoms with E-state index in [9.17, 15) is 0 Å². The maximum atomic E-state index is 8.66. The van der Waals surface area contributed by atoms with Crippen molar-refractivity contribution in [1.82, 2.24) is 5.32 Å². The predicted octanol–water partition coefficient (Wildman–Crippen LogP) is 2.06. The monoisotopic (exact) mass is 247 g/mol. The van der Waals surface area contributed by atoms with Gasteiger partial charge in [-0.05, 0) is 36.8 Å². The van der Waals surface area contributed by atoms with Gasteiger partial charge >= 0.3 is 0 Å². The molecule has 0 aliphatic heterocycles. The van der Waals surface area contributed by atoms with Crippen LogP contribution in [0, 0.1) is 5.92 Å². The zero-order valence-electron chi connectivity index (χ0n) is 10.8. The average molecular weight is 247 g/mol. The van der Waals surface area contributed by atoms with Gasteiger partial charge in [-0.3, -0.25) is 0 Å². The highest BCUT2D eigenvalue weighted by Gasteiger charge is 2.20. The summed E-state index contributed by atoms with van der Waals surface area (Å²) >= 11 is 0. The summed E-state index contributed by atoms with van der Waals surface area (Å²) in [5.74, 6) is 0.998. The molecule has 0 heterocycles. The molecule has 0 aromatic heterocycles. The minimum atomic E-state index is 0.159. The van der Waals surface area contributed by atoms with Crippen molar-refractivity contribution in [2.45, 2.75) is 38.8 Å². The van der Waals surface area contributed by atoms with E-state index in [2.05, 4.69) is 23.5 Å². The lowest BCUT2D eigenvalue weighted by atomic mass is 10.1. The molecular weight excluding hydrogens is 226 g/mol. The summed E-state index contributed by atoms with van der Waals surface area (Å²) in [5.41, 5.74) is 7.51. The van der Waals surface area contributed by atoms with Crippen molar-refractivity contribution in [1.29, 1.82) is 0 Å². The Morgan fingerprint density at radius 3 is 3.00 bits per heavy atom. The lowest BCUT2D eigenvalue weighted by Crippen LogP contribution is -2.26. The van der Waals surface area contributed by atoms with Gasteiger partial charge in [-0.15, -0.1) is 0 Å². The quantitative estimate of drug-likeness (QED) is 0.330. The van der Waals surface area contributed by atoms with Crippen molar-refractivity contribution >= 4 is 5.84 Å². The van der Waals surface area contributed by atoms with Crippen molar-refractivity contribution in [3.63, 3.8) is 0 Å². The van der Waals surface area contributed by atoms with E-state index in [0.717, 1.165) is 18.0 Å². The number of nitrogens with one attached hydrogen (secondary N) is 1. The van der Waals surface area contributed by atoms with Crippen molar-refractivity contribution in [2.75, 3.05) is 0 Å². The summed E-state index contributed by atoms with van der Waals surface area (Å²) < 4.78 is 0. The molecule has 0 bridgehead atoms. The van der Waals surface area contributed by atoms with Crippen LogP contribution >= 0.6 is 0 Å². The highest BCUT2D eigenvalue weighted by molar-refractivity contribution is 5.97. The first-order valence-electron chi connectivity index (χ1n) is 6.49. The first-order chi connectivity index (χ1) is 8.69. The van der Waals surface area contributed by atoms with Gasteiger partial charge in [0.1, 0.15) is 0 Å². The van der Waals surface area contributed by atoms with Crippen molar-refractivity contribution in [2.24, 2.45) is 16.8 Å². The molecule has 0 radical (unpaired) electrons. The molecule has 2 rings (SSSR count). The smallest absolute Gasteiger partial charge is 0.170 e. The number of nitrogens with zero attached hydrogens (tertiary/aromatic N) is 1. The van der Waals surface area contributed by atoms with E-state index < -0.39 is 0 Å². The molecule has 1 aliphatic carbocycles. The first kappa shape index (κ1) is 12.9. The molecule has 4 N–H and O–H groups in total. The lowest BCUT2D eigenvalue weighted by molar-refractivity contribution is 0.318. The third-order valence-corrected chi connectivity index (χ3v) is 3.62. The van der Waals surface area contributed by atoms with Crippen molar-refractivity contribution < 1.29 is 5.21 Å². The van der Waals surface area contributed by atoms with Crippen LogP contribution < -0.4 is 11.1 Å². The van der Waals surface area contributed by atoms with E-state index in [-0.39, 0.29) is 5.84 Å². The van der Waals surface area contributed by atoms with Crippen LogP contribution in [0.2, 0.25) is 0 Å². The second kappa shape index (κ2) is 5.87. The fourth-order valence-electron chi connectivity index (χ4n) is 2.55. The van der Waals surface area contributed by atoms with Gasteiger partial charge < -0.3 is 16.3 Å². The van der Waals surface area contributed by atoms with Crippen LogP contribution in [0.4, 0.5) is 0 Å². The SMILES string of the molecule is CC1CCC(NCc2cccc(/C(N)=N/O)c2)C1. The second-order valence-electron chi connectivity index (χ2n) is 5.18. The van der Waals surface area contributed by atoms with E-state index >= 15 is 0 Å². The van der Waals surface area contributed by atoms with Gasteiger partial charge in [-0.25, -0.2) is 0 Å². The van der Waals surface area contributed by atoms with Gasteiger partial charge in [0.15, 0.2) is 5.84 Å². The lowest BCUT2D eigenvalue weighted by Gasteiger charge is -2.12. The molecule has 1 aliphatic rings. The van der Waals surface area contributed by atoms with Crippen LogP contribution in [0.15, 0.2) is 29.4 Å². The van der Waals surface area contributed by atoms with Crippen LogP contribution in [0.3, 0.4) is 0 Å². The highest BCUT2D eigenvalue weighted by atomic mass is 16.4. The Morgan fingerprint density at radius 2 is 2.33 bits per heavy atom. The fourth-order valence-corrected chi connectivity index (χ4v) is 2.55. The van der Waals surface area contributed by atoms with Crippen LogP contribution in [-0.4, -0.2) is 17.1 Å². The van der Waals surface area contributed by atoms with Crippen molar-refractivity contribution in [3.05, 3.63) is 35.4 Å². The molecular formula is C14H21N3O. The molecule has 1 aromatic rings. The number of amidine groups is 1. The van der Waals surface area contributed by atoms with Crippen LogP contribution in [0.1, 0.15) is 37.3 Å². The van der Waals surface area contributed by atoms with Gasteiger partial charge in [-0.2, -0.15) is 0 Å². The largest absolute Gasteiger partial charge is 0.409 e. The van der Waals surface area contributed by atoms with E-state index in [4.69, 9.17) is 10.9 Å². The number of hydrogen-bond acceptors (Lipinski definition) is 3. The minimum Gasteiger partial charge on any atom is -0.409 e. The molecule has 2 unspecified atom stereocenters.